The summed E-state index contributed by atoms with van der Waals surface area (Å²) in [7, 11) is 1.97. The molecule has 0 aliphatic rings. The third kappa shape index (κ3) is 2.81. The summed E-state index contributed by atoms with van der Waals surface area (Å²) >= 11 is 3.62. The highest BCUT2D eigenvalue weighted by atomic mass is 79.9. The van der Waals surface area contributed by atoms with Crippen LogP contribution < -0.4 is 0 Å². The molecule has 2 rings (SSSR count). The number of aliphatic hydroxyl groups excluding tert-OH is 1. The van der Waals surface area contributed by atoms with E-state index in [1.165, 1.54) is 11.1 Å². The van der Waals surface area contributed by atoms with E-state index >= 15 is 0 Å². The molecular weight excluding hydrogens is 316 g/mol. The molecule has 0 bridgehead atoms. The first-order chi connectivity index (χ1) is 9.45. The molecule has 1 N–H and O–H groups in total. The van der Waals surface area contributed by atoms with Crippen LogP contribution in [0.3, 0.4) is 0 Å². The molecule has 0 aliphatic carbocycles. The van der Waals surface area contributed by atoms with Crippen molar-refractivity contribution in [2.75, 3.05) is 6.61 Å². The second-order valence-corrected chi connectivity index (χ2v) is 6.18. The van der Waals surface area contributed by atoms with Crippen LogP contribution in [0, 0.1) is 6.92 Å². The monoisotopic (exact) mass is 336 g/mol. The van der Waals surface area contributed by atoms with Gasteiger partial charge in [0.2, 0.25) is 0 Å². The van der Waals surface area contributed by atoms with Gasteiger partial charge in [0, 0.05) is 19.0 Å². The lowest BCUT2D eigenvalue weighted by Crippen LogP contribution is -2.00. The number of aryl methyl sites for hydroxylation is 1. The number of hydrogen-bond donors (Lipinski definition) is 1. The fourth-order valence-electron chi connectivity index (χ4n) is 2.27. The highest BCUT2D eigenvalue weighted by Crippen LogP contribution is 2.32. The summed E-state index contributed by atoms with van der Waals surface area (Å²) < 4.78 is 2.96. The van der Waals surface area contributed by atoms with Crippen molar-refractivity contribution in [3.8, 4) is 11.3 Å². The predicted octanol–water partition coefficient (Wildman–Crippen LogP) is 3.82. The van der Waals surface area contributed by atoms with Crippen molar-refractivity contribution in [3.63, 3.8) is 0 Å². The van der Waals surface area contributed by atoms with Crippen LogP contribution in [0.15, 0.2) is 22.8 Å². The Kier molecular flexibility index (Phi) is 4.66. The quantitative estimate of drug-likeness (QED) is 0.921. The molecule has 3 nitrogen and oxygen atoms in total. The average Bonchev–Trinajstić information content (AvgIpc) is 2.68. The lowest BCUT2D eigenvalue weighted by atomic mass is 9.96. The van der Waals surface area contributed by atoms with Crippen molar-refractivity contribution in [2.45, 2.75) is 33.1 Å². The van der Waals surface area contributed by atoms with Gasteiger partial charge in [0.15, 0.2) is 0 Å². The Hall–Kier alpha value is -1.13. The van der Waals surface area contributed by atoms with Crippen molar-refractivity contribution < 1.29 is 5.11 Å². The zero-order valence-electron chi connectivity index (χ0n) is 12.4. The summed E-state index contributed by atoms with van der Waals surface area (Å²) in [6.07, 6.45) is 0.567. The largest absolute Gasteiger partial charge is 0.396 e. The Balaban J connectivity index is 2.56. The van der Waals surface area contributed by atoms with Crippen LogP contribution in [0.5, 0.6) is 0 Å². The van der Waals surface area contributed by atoms with Crippen LogP contribution in [-0.2, 0) is 13.5 Å². The third-order valence-electron chi connectivity index (χ3n) is 3.64. The van der Waals surface area contributed by atoms with Crippen LogP contribution in [0.25, 0.3) is 11.3 Å². The number of nitrogens with zero attached hydrogens (tertiary/aromatic N) is 2. The number of aromatic nitrogens is 2. The first kappa shape index (κ1) is 15.3. The summed E-state index contributed by atoms with van der Waals surface area (Å²) in [6.45, 7) is 6.60. The molecule has 0 fully saturated rings. The van der Waals surface area contributed by atoms with E-state index in [9.17, 15) is 0 Å². The maximum atomic E-state index is 9.12. The summed E-state index contributed by atoms with van der Waals surface area (Å²) in [4.78, 5) is 4.69. The molecule has 0 radical (unpaired) electrons. The molecule has 1 aromatic heterocycles. The number of benzene rings is 1. The van der Waals surface area contributed by atoms with Gasteiger partial charge < -0.3 is 9.67 Å². The van der Waals surface area contributed by atoms with Crippen LogP contribution in [0.1, 0.15) is 36.7 Å². The Morgan fingerprint density at radius 3 is 2.65 bits per heavy atom. The summed E-state index contributed by atoms with van der Waals surface area (Å²) in [6, 6.07) is 6.54. The fraction of sp³-hybridized carbons (Fsp3) is 0.438. The average molecular weight is 337 g/mol. The number of rotatable bonds is 4. The Bertz CT molecular complexity index is 617. The van der Waals surface area contributed by atoms with E-state index in [2.05, 4.69) is 59.9 Å². The SMILES string of the molecule is Cc1ccc(C(C)C)cc1-c1nc(CCO)n(C)c1Br. The van der Waals surface area contributed by atoms with Gasteiger partial charge in [0.05, 0.1) is 6.61 Å². The molecule has 0 saturated carbocycles. The maximum Gasteiger partial charge on any atom is 0.112 e. The van der Waals surface area contributed by atoms with Crippen molar-refractivity contribution in [1.29, 1.82) is 0 Å². The van der Waals surface area contributed by atoms with Crippen molar-refractivity contribution in [1.82, 2.24) is 9.55 Å². The molecular formula is C16H21BrN2O. The van der Waals surface area contributed by atoms with E-state index in [0.717, 1.165) is 21.7 Å². The first-order valence-electron chi connectivity index (χ1n) is 6.88. The third-order valence-corrected chi connectivity index (χ3v) is 4.54. The van der Waals surface area contributed by atoms with Crippen LogP contribution in [0.4, 0.5) is 0 Å². The first-order valence-corrected chi connectivity index (χ1v) is 7.67. The zero-order chi connectivity index (χ0) is 14.9. The van der Waals surface area contributed by atoms with E-state index in [1.807, 2.05) is 11.6 Å². The minimum absolute atomic E-state index is 0.113. The van der Waals surface area contributed by atoms with Crippen molar-refractivity contribution in [3.05, 3.63) is 39.8 Å². The molecule has 0 amide bonds. The smallest absolute Gasteiger partial charge is 0.112 e. The second kappa shape index (κ2) is 6.10. The van der Waals surface area contributed by atoms with E-state index in [4.69, 9.17) is 5.11 Å². The van der Waals surface area contributed by atoms with Gasteiger partial charge in [-0.1, -0.05) is 26.0 Å². The highest BCUT2D eigenvalue weighted by molar-refractivity contribution is 9.10. The number of imidazole rings is 1. The number of hydrogen-bond acceptors (Lipinski definition) is 2. The molecule has 0 unspecified atom stereocenters. The lowest BCUT2D eigenvalue weighted by molar-refractivity contribution is 0.295. The van der Waals surface area contributed by atoms with Gasteiger partial charge in [-0.3, -0.25) is 0 Å². The van der Waals surface area contributed by atoms with E-state index in [-0.39, 0.29) is 6.61 Å². The molecule has 1 aromatic carbocycles. The molecule has 1 heterocycles. The summed E-state index contributed by atoms with van der Waals surface area (Å²) in [5.74, 6) is 1.39. The van der Waals surface area contributed by atoms with Gasteiger partial charge in [-0.05, 0) is 46.0 Å². The normalized spacial score (nSPS) is 11.3. The summed E-state index contributed by atoms with van der Waals surface area (Å²) in [5, 5.41) is 9.12. The van der Waals surface area contributed by atoms with E-state index < -0.39 is 0 Å². The molecule has 0 saturated heterocycles. The van der Waals surface area contributed by atoms with Gasteiger partial charge >= 0.3 is 0 Å². The van der Waals surface area contributed by atoms with Crippen LogP contribution in [0.2, 0.25) is 0 Å². The van der Waals surface area contributed by atoms with Gasteiger partial charge in [-0.15, -0.1) is 0 Å². The van der Waals surface area contributed by atoms with E-state index in [1.54, 1.807) is 0 Å². The topological polar surface area (TPSA) is 38.1 Å². The van der Waals surface area contributed by atoms with Gasteiger partial charge in [0.1, 0.15) is 16.1 Å². The number of aliphatic hydroxyl groups is 1. The van der Waals surface area contributed by atoms with Gasteiger partial charge in [-0.25, -0.2) is 4.98 Å². The minimum Gasteiger partial charge on any atom is -0.396 e. The molecule has 20 heavy (non-hydrogen) atoms. The summed E-state index contributed by atoms with van der Waals surface area (Å²) in [5.41, 5.74) is 4.63. The molecule has 4 heteroatoms. The second-order valence-electron chi connectivity index (χ2n) is 5.43. The number of halogens is 1. The van der Waals surface area contributed by atoms with Crippen LogP contribution >= 0.6 is 15.9 Å². The fourth-order valence-corrected chi connectivity index (χ4v) is 2.78. The highest BCUT2D eigenvalue weighted by Gasteiger charge is 2.16. The minimum atomic E-state index is 0.113. The van der Waals surface area contributed by atoms with Gasteiger partial charge in [-0.2, -0.15) is 0 Å². The van der Waals surface area contributed by atoms with Crippen LogP contribution in [-0.4, -0.2) is 21.3 Å². The molecule has 108 valence electrons. The van der Waals surface area contributed by atoms with E-state index in [0.29, 0.717) is 12.3 Å². The van der Waals surface area contributed by atoms with Crippen molar-refractivity contribution >= 4 is 15.9 Å². The lowest BCUT2D eigenvalue weighted by Gasteiger charge is -2.10. The van der Waals surface area contributed by atoms with Crippen molar-refractivity contribution in [2.24, 2.45) is 7.05 Å². The predicted molar refractivity (Wildman–Crippen MR) is 86.0 cm³/mol. The van der Waals surface area contributed by atoms with Gasteiger partial charge in [0.25, 0.3) is 0 Å². The Morgan fingerprint density at radius 1 is 1.35 bits per heavy atom. The maximum absolute atomic E-state index is 9.12. The Labute approximate surface area is 128 Å². The molecule has 0 aliphatic heterocycles. The molecule has 0 atom stereocenters. The molecule has 0 spiro atoms. The standard InChI is InChI=1S/C16H21BrN2O/c1-10(2)12-6-5-11(3)13(9-12)15-16(17)19(4)14(18-15)7-8-20/h5-6,9-10,20H,7-8H2,1-4H3. The Morgan fingerprint density at radius 2 is 2.05 bits per heavy atom. The molecule has 2 aromatic rings. The zero-order valence-corrected chi connectivity index (χ0v) is 14.0.